The van der Waals surface area contributed by atoms with Crippen molar-refractivity contribution in [2.45, 2.75) is 0 Å². The monoisotopic (exact) mass is 242 g/mol. The number of carboxylic acid groups (broad SMARTS) is 1. The van der Waals surface area contributed by atoms with E-state index in [0.717, 1.165) is 11.6 Å². The van der Waals surface area contributed by atoms with Gasteiger partial charge in [0.1, 0.15) is 0 Å². The summed E-state index contributed by atoms with van der Waals surface area (Å²) < 4.78 is 0. The van der Waals surface area contributed by atoms with Crippen LogP contribution >= 0.6 is 23.2 Å². The molecular formula is C11H8Cl2O2. The molecule has 0 atom stereocenters. The molecule has 78 valence electrons. The lowest BCUT2D eigenvalue weighted by molar-refractivity contribution is -0.131. The van der Waals surface area contributed by atoms with E-state index in [9.17, 15) is 4.79 Å². The van der Waals surface area contributed by atoms with Gasteiger partial charge in [-0.2, -0.15) is 0 Å². The zero-order chi connectivity index (χ0) is 11.3. The maximum absolute atomic E-state index is 10.2. The molecule has 0 aromatic heterocycles. The van der Waals surface area contributed by atoms with E-state index in [1.807, 2.05) is 0 Å². The number of allylic oxidation sites excluding steroid dienone is 2. The van der Waals surface area contributed by atoms with Crippen LogP contribution in [0.5, 0.6) is 0 Å². The number of hydrogen-bond acceptors (Lipinski definition) is 1. The second-order valence-electron chi connectivity index (χ2n) is 2.70. The number of rotatable bonds is 3. The number of carbonyl (C=O) groups is 1. The third-order valence-electron chi connectivity index (χ3n) is 1.61. The molecule has 0 amide bonds. The summed E-state index contributed by atoms with van der Waals surface area (Å²) in [6, 6.07) is 5.25. The number of aliphatic carboxylic acids is 1. The van der Waals surface area contributed by atoms with E-state index in [1.165, 1.54) is 6.08 Å². The van der Waals surface area contributed by atoms with E-state index in [0.29, 0.717) is 10.0 Å². The van der Waals surface area contributed by atoms with Crippen molar-refractivity contribution in [3.8, 4) is 0 Å². The Morgan fingerprint density at radius 3 is 2.67 bits per heavy atom. The Morgan fingerprint density at radius 1 is 1.27 bits per heavy atom. The first kappa shape index (κ1) is 11.8. The average Bonchev–Trinajstić information content (AvgIpc) is 2.18. The lowest BCUT2D eigenvalue weighted by Crippen LogP contribution is -1.84. The predicted molar refractivity (Wildman–Crippen MR) is 62.3 cm³/mol. The van der Waals surface area contributed by atoms with Crippen molar-refractivity contribution in [3.63, 3.8) is 0 Å². The van der Waals surface area contributed by atoms with Crippen molar-refractivity contribution in [1.29, 1.82) is 0 Å². The largest absolute Gasteiger partial charge is 0.478 e. The van der Waals surface area contributed by atoms with Crippen LogP contribution in [0.1, 0.15) is 5.56 Å². The Morgan fingerprint density at radius 2 is 2.00 bits per heavy atom. The van der Waals surface area contributed by atoms with Gasteiger partial charge in [0.15, 0.2) is 0 Å². The zero-order valence-corrected chi connectivity index (χ0v) is 9.16. The van der Waals surface area contributed by atoms with Crippen LogP contribution < -0.4 is 0 Å². The smallest absolute Gasteiger partial charge is 0.328 e. The first-order valence-corrected chi connectivity index (χ1v) is 4.88. The standard InChI is InChI=1S/C11H8Cl2O2/c12-9-6-3-5-8(11(9)13)4-1-2-7-10(14)15/h1-7H,(H,14,15). The summed E-state index contributed by atoms with van der Waals surface area (Å²) >= 11 is 11.7. The molecule has 2 nitrogen and oxygen atoms in total. The third-order valence-corrected chi connectivity index (χ3v) is 2.44. The Labute approximate surface area is 97.4 Å². The number of halogens is 2. The second-order valence-corrected chi connectivity index (χ2v) is 3.48. The first-order chi connectivity index (χ1) is 7.11. The fraction of sp³-hybridized carbons (Fsp3) is 0. The third kappa shape index (κ3) is 3.78. The Balaban J connectivity index is 2.81. The molecule has 1 aromatic carbocycles. The molecule has 0 aliphatic carbocycles. The van der Waals surface area contributed by atoms with Crippen LogP contribution in [0, 0.1) is 0 Å². The van der Waals surface area contributed by atoms with E-state index in [2.05, 4.69) is 0 Å². The van der Waals surface area contributed by atoms with Crippen LogP contribution in [0.2, 0.25) is 10.0 Å². The van der Waals surface area contributed by atoms with Crippen LogP contribution in [-0.2, 0) is 4.79 Å². The highest BCUT2D eigenvalue weighted by Crippen LogP contribution is 2.26. The summed E-state index contributed by atoms with van der Waals surface area (Å²) in [4.78, 5) is 10.2. The highest BCUT2D eigenvalue weighted by Gasteiger charge is 1.99. The van der Waals surface area contributed by atoms with Crippen LogP contribution in [0.4, 0.5) is 0 Å². The molecule has 15 heavy (non-hydrogen) atoms. The molecule has 0 saturated carbocycles. The summed E-state index contributed by atoms with van der Waals surface area (Å²) in [5.41, 5.74) is 0.749. The van der Waals surface area contributed by atoms with Crippen LogP contribution in [0.3, 0.4) is 0 Å². The quantitative estimate of drug-likeness (QED) is 0.649. The van der Waals surface area contributed by atoms with Crippen molar-refractivity contribution >= 4 is 35.2 Å². The first-order valence-electron chi connectivity index (χ1n) is 4.13. The van der Waals surface area contributed by atoms with Gasteiger partial charge in [0, 0.05) is 6.08 Å². The van der Waals surface area contributed by atoms with E-state index in [1.54, 1.807) is 30.4 Å². The highest BCUT2D eigenvalue weighted by atomic mass is 35.5. The maximum Gasteiger partial charge on any atom is 0.328 e. The minimum atomic E-state index is -0.989. The van der Waals surface area contributed by atoms with Gasteiger partial charge in [-0.3, -0.25) is 0 Å². The average molecular weight is 243 g/mol. The van der Waals surface area contributed by atoms with E-state index < -0.39 is 5.97 Å². The lowest BCUT2D eigenvalue weighted by atomic mass is 10.2. The molecule has 1 rings (SSSR count). The van der Waals surface area contributed by atoms with Gasteiger partial charge in [-0.1, -0.05) is 53.6 Å². The van der Waals surface area contributed by atoms with Gasteiger partial charge in [-0.25, -0.2) is 4.79 Å². The van der Waals surface area contributed by atoms with Crippen LogP contribution in [0.15, 0.2) is 36.4 Å². The van der Waals surface area contributed by atoms with Crippen molar-refractivity contribution in [2.75, 3.05) is 0 Å². The van der Waals surface area contributed by atoms with Crippen molar-refractivity contribution in [3.05, 3.63) is 52.0 Å². The van der Waals surface area contributed by atoms with Crippen LogP contribution in [0.25, 0.3) is 6.08 Å². The molecule has 0 radical (unpaired) electrons. The van der Waals surface area contributed by atoms with Crippen molar-refractivity contribution in [1.82, 2.24) is 0 Å². The molecule has 0 fully saturated rings. The molecular weight excluding hydrogens is 235 g/mol. The van der Waals surface area contributed by atoms with E-state index in [4.69, 9.17) is 28.3 Å². The molecule has 0 saturated heterocycles. The van der Waals surface area contributed by atoms with Gasteiger partial charge in [0.2, 0.25) is 0 Å². The molecule has 0 unspecified atom stereocenters. The van der Waals surface area contributed by atoms with Gasteiger partial charge in [0.05, 0.1) is 10.0 Å². The second kappa shape index (κ2) is 5.59. The van der Waals surface area contributed by atoms with Gasteiger partial charge in [-0.05, 0) is 11.6 Å². The van der Waals surface area contributed by atoms with Crippen LogP contribution in [-0.4, -0.2) is 11.1 Å². The van der Waals surface area contributed by atoms with Gasteiger partial charge >= 0.3 is 5.97 Å². The normalized spacial score (nSPS) is 11.3. The van der Waals surface area contributed by atoms with Gasteiger partial charge in [-0.15, -0.1) is 0 Å². The maximum atomic E-state index is 10.2. The summed E-state index contributed by atoms with van der Waals surface area (Å²) in [5.74, 6) is -0.989. The zero-order valence-electron chi connectivity index (χ0n) is 7.65. The number of hydrogen-bond donors (Lipinski definition) is 1. The molecule has 0 aliphatic heterocycles. The molecule has 0 spiro atoms. The summed E-state index contributed by atoms with van der Waals surface area (Å²) in [7, 11) is 0. The van der Waals surface area contributed by atoms with Crippen molar-refractivity contribution in [2.24, 2.45) is 0 Å². The predicted octanol–water partition coefficient (Wildman–Crippen LogP) is 3.65. The topological polar surface area (TPSA) is 37.3 Å². The Bertz CT molecular complexity index is 423. The number of carboxylic acids is 1. The molecule has 0 aliphatic rings. The van der Waals surface area contributed by atoms with Gasteiger partial charge in [0.25, 0.3) is 0 Å². The summed E-state index contributed by atoms with van der Waals surface area (Å²) in [6.07, 6.45) is 5.73. The SMILES string of the molecule is O=C(O)C=CC=Cc1cccc(Cl)c1Cl. The summed E-state index contributed by atoms with van der Waals surface area (Å²) in [6.45, 7) is 0. The molecule has 1 aromatic rings. The lowest BCUT2D eigenvalue weighted by Gasteiger charge is -1.98. The van der Waals surface area contributed by atoms with E-state index >= 15 is 0 Å². The minimum Gasteiger partial charge on any atom is -0.478 e. The minimum absolute atomic E-state index is 0.458. The summed E-state index contributed by atoms with van der Waals surface area (Å²) in [5, 5.41) is 9.27. The Hall–Kier alpha value is -1.25. The molecule has 4 heteroatoms. The van der Waals surface area contributed by atoms with Crippen molar-refractivity contribution < 1.29 is 9.90 Å². The molecule has 0 heterocycles. The van der Waals surface area contributed by atoms with E-state index in [-0.39, 0.29) is 0 Å². The number of benzene rings is 1. The fourth-order valence-corrected chi connectivity index (χ4v) is 1.32. The Kier molecular flexibility index (Phi) is 4.40. The highest BCUT2D eigenvalue weighted by molar-refractivity contribution is 6.42. The fourth-order valence-electron chi connectivity index (χ4n) is 0.946. The molecule has 0 bridgehead atoms. The van der Waals surface area contributed by atoms with Gasteiger partial charge < -0.3 is 5.11 Å². The molecule has 1 N–H and O–H groups in total.